The number of halogens is 2. The molecule has 0 saturated carbocycles. The zero-order valence-corrected chi connectivity index (χ0v) is 35.5. The van der Waals surface area contributed by atoms with Crippen LogP contribution in [-0.2, 0) is 38.5 Å². The van der Waals surface area contributed by atoms with Crippen molar-refractivity contribution in [3.63, 3.8) is 0 Å². The monoisotopic (exact) mass is 794 g/mol. The Morgan fingerprint density at radius 1 is 0.654 bits per heavy atom. The normalized spacial score (nSPS) is 13.8. The van der Waals surface area contributed by atoms with Gasteiger partial charge in [0.05, 0.1) is 0 Å². The van der Waals surface area contributed by atoms with E-state index in [-0.39, 0.29) is 10.8 Å². The number of fused-ring (bicyclic) bond motifs is 5. The second-order valence-corrected chi connectivity index (χ2v) is 23.6. The van der Waals surface area contributed by atoms with Gasteiger partial charge in [0.2, 0.25) is 0 Å². The summed E-state index contributed by atoms with van der Waals surface area (Å²) in [4.78, 5) is 0. The average molecular weight is 797 g/mol. The van der Waals surface area contributed by atoms with E-state index in [0.29, 0.717) is 0 Å². The Bertz CT molecular complexity index is 2480. The average Bonchev–Trinajstić information content (AvgIpc) is 3.73. The summed E-state index contributed by atoms with van der Waals surface area (Å²) >= 11 is 11.1. The van der Waals surface area contributed by atoms with Crippen molar-refractivity contribution in [2.45, 2.75) is 79.1 Å². The number of hydrogen-bond acceptors (Lipinski definition) is 0. The van der Waals surface area contributed by atoms with Crippen LogP contribution in [0.1, 0.15) is 92.5 Å². The van der Waals surface area contributed by atoms with E-state index in [9.17, 15) is 0 Å². The van der Waals surface area contributed by atoms with Crippen molar-refractivity contribution in [1.82, 2.24) is 0 Å². The number of aryl methyl sites for hydroxylation is 1. The van der Waals surface area contributed by atoms with E-state index in [1.165, 1.54) is 69.6 Å². The fraction of sp³-hybridized carbons (Fsp3) is 0.245. The molecular weight excluding hydrogens is 751 g/mol. The molecule has 0 aliphatic heterocycles. The number of benzene rings is 6. The van der Waals surface area contributed by atoms with Crippen molar-refractivity contribution in [1.29, 1.82) is 0 Å². The third-order valence-corrected chi connectivity index (χ3v) is 19.6. The van der Waals surface area contributed by atoms with Crippen LogP contribution in [0, 0.1) is 13.8 Å². The molecule has 0 amide bonds. The summed E-state index contributed by atoms with van der Waals surface area (Å²) in [7, 11) is 0. The van der Waals surface area contributed by atoms with Crippen LogP contribution in [0.3, 0.4) is 0 Å². The Hall–Kier alpha value is -3.35. The van der Waals surface area contributed by atoms with Gasteiger partial charge < -0.3 is 0 Å². The minimum absolute atomic E-state index is 0.0313. The van der Waals surface area contributed by atoms with Crippen LogP contribution in [0.15, 0.2) is 113 Å². The van der Waals surface area contributed by atoms with Gasteiger partial charge in [-0.25, -0.2) is 0 Å². The van der Waals surface area contributed by atoms with Gasteiger partial charge in [0.25, 0.3) is 0 Å². The van der Waals surface area contributed by atoms with Gasteiger partial charge in [-0.3, -0.25) is 0 Å². The zero-order chi connectivity index (χ0) is 36.7. The molecule has 3 heteroatoms. The molecule has 0 radical (unpaired) electrons. The third kappa shape index (κ3) is 6.16. The maximum absolute atomic E-state index is 7.11. The summed E-state index contributed by atoms with van der Waals surface area (Å²) in [5.74, 6) is 0. The second kappa shape index (κ2) is 13.2. The van der Waals surface area contributed by atoms with E-state index in [4.69, 9.17) is 23.2 Å². The first-order valence-corrected chi connectivity index (χ1v) is 22.9. The molecule has 260 valence electrons. The molecule has 0 fully saturated rings. The summed E-state index contributed by atoms with van der Waals surface area (Å²) in [5, 5.41) is 6.34. The van der Waals surface area contributed by atoms with Gasteiger partial charge in [0.1, 0.15) is 0 Å². The molecule has 6 aromatic carbocycles. The number of allylic oxidation sites excluding steroid dienone is 4. The molecule has 0 saturated heterocycles. The third-order valence-electron chi connectivity index (χ3n) is 11.2. The van der Waals surface area contributed by atoms with E-state index in [0.717, 1.165) is 33.7 Å². The van der Waals surface area contributed by atoms with Crippen LogP contribution in [0.2, 0.25) is 10.0 Å². The summed E-state index contributed by atoms with van der Waals surface area (Å²) in [6.45, 7) is 18.9. The van der Waals surface area contributed by atoms with Crippen molar-refractivity contribution >= 4 is 51.2 Å². The van der Waals surface area contributed by atoms with Gasteiger partial charge in [0, 0.05) is 0 Å². The predicted molar refractivity (Wildman–Crippen MR) is 224 cm³/mol. The first-order valence-electron chi connectivity index (χ1n) is 18.5. The first-order chi connectivity index (χ1) is 24.7. The second-order valence-electron chi connectivity index (χ2n) is 16.9. The molecular formula is C49H46Cl2Zr. The van der Waals surface area contributed by atoms with Crippen molar-refractivity contribution in [3.8, 4) is 11.1 Å². The molecule has 0 heterocycles. The van der Waals surface area contributed by atoms with Gasteiger partial charge in [-0.1, -0.05) is 0 Å². The fourth-order valence-electron chi connectivity index (χ4n) is 8.99. The summed E-state index contributed by atoms with van der Waals surface area (Å²) in [5.41, 5.74) is 14.1. The van der Waals surface area contributed by atoms with Crippen molar-refractivity contribution in [2.75, 3.05) is 0 Å². The standard InChI is InChI=1S/C23H29.C21H12Cl2.C5H5.Zr/c1-14-9-16-11-17-10-15(2)21(23(6,7)8)13-19(17)18(16)12-20(14)22(3,4)5;22-18-10-14-5-1-3-7-20(14)16(12-18)9-17-13-19(23)11-15-6-2-4-8-21(15)17;1-2-4-5-3-1;/h9,12-13H,11H2,1-8H3;1-8,10-13H;1-3H,4H2;. The molecule has 0 spiro atoms. The minimum atomic E-state index is -3.16. The van der Waals surface area contributed by atoms with Crippen LogP contribution < -0.4 is 3.27 Å². The van der Waals surface area contributed by atoms with Gasteiger partial charge in [-0.2, -0.15) is 0 Å². The molecule has 2 aliphatic carbocycles. The number of hydrogen-bond donors (Lipinski definition) is 0. The quantitative estimate of drug-likeness (QED) is 0.166. The molecule has 52 heavy (non-hydrogen) atoms. The SMILES string of the molecule is Cc1cc2c(cc1C(C)(C)C)-c1cc(C(C)(C)C)c(C)[c]([Zr]([C]3=CC=CC3)=[C](c3cc(Cl)cc4ccccc34)c3cc(Cl)cc4ccccc34)c1C2. The Labute approximate surface area is 327 Å². The van der Waals surface area contributed by atoms with Crippen LogP contribution in [0.4, 0.5) is 0 Å². The Kier molecular flexibility index (Phi) is 9.05. The van der Waals surface area contributed by atoms with Crippen molar-refractivity contribution < 1.29 is 21.3 Å². The zero-order valence-electron chi connectivity index (χ0n) is 31.6. The molecule has 0 aromatic heterocycles. The molecule has 0 N–H and O–H groups in total. The Morgan fingerprint density at radius 3 is 1.75 bits per heavy atom. The van der Waals surface area contributed by atoms with Crippen LogP contribution in [0.25, 0.3) is 32.7 Å². The van der Waals surface area contributed by atoms with Crippen LogP contribution in [0.5, 0.6) is 0 Å². The molecule has 2 aliphatic rings. The van der Waals surface area contributed by atoms with E-state index < -0.39 is 21.3 Å². The summed E-state index contributed by atoms with van der Waals surface area (Å²) in [6.07, 6.45) is 9.03. The molecule has 0 bridgehead atoms. The van der Waals surface area contributed by atoms with E-state index in [2.05, 4.69) is 165 Å². The summed E-state index contributed by atoms with van der Waals surface area (Å²) < 4.78 is 4.66. The van der Waals surface area contributed by atoms with E-state index in [1.807, 2.05) is 0 Å². The van der Waals surface area contributed by atoms with Crippen molar-refractivity contribution in [3.05, 3.63) is 167 Å². The van der Waals surface area contributed by atoms with Gasteiger partial charge in [-0.15, -0.1) is 0 Å². The van der Waals surface area contributed by atoms with Gasteiger partial charge >= 0.3 is 330 Å². The van der Waals surface area contributed by atoms with Gasteiger partial charge in [-0.05, 0) is 0 Å². The Morgan fingerprint density at radius 2 is 1.21 bits per heavy atom. The van der Waals surface area contributed by atoms with Crippen molar-refractivity contribution in [2.24, 2.45) is 0 Å². The van der Waals surface area contributed by atoms with E-state index in [1.54, 1.807) is 6.55 Å². The summed E-state index contributed by atoms with van der Waals surface area (Å²) in [6, 6.07) is 33.8. The molecule has 0 atom stereocenters. The predicted octanol–water partition coefficient (Wildman–Crippen LogP) is 13.4. The van der Waals surface area contributed by atoms with Crippen LogP contribution >= 0.6 is 23.2 Å². The molecule has 6 aromatic rings. The molecule has 8 rings (SSSR count). The number of rotatable bonds is 4. The molecule has 0 unspecified atom stereocenters. The van der Waals surface area contributed by atoms with Gasteiger partial charge in [0.15, 0.2) is 0 Å². The maximum atomic E-state index is 7.11. The van der Waals surface area contributed by atoms with E-state index >= 15 is 0 Å². The fourth-order valence-corrected chi connectivity index (χ4v) is 18.0. The molecule has 0 nitrogen and oxygen atoms in total. The first kappa shape index (κ1) is 35.7. The Balaban J connectivity index is 1.60. The topological polar surface area (TPSA) is 0 Å². The van der Waals surface area contributed by atoms with Crippen LogP contribution in [-0.4, -0.2) is 3.21 Å².